The minimum atomic E-state index is -0.326. The van der Waals surface area contributed by atoms with Crippen LogP contribution in [0.3, 0.4) is 0 Å². The summed E-state index contributed by atoms with van der Waals surface area (Å²) in [7, 11) is 0. The van der Waals surface area contributed by atoms with Gasteiger partial charge < -0.3 is 15.5 Å². The number of halogens is 1. The molecule has 0 saturated carbocycles. The molecule has 0 spiro atoms. The number of pyridine rings is 1. The van der Waals surface area contributed by atoms with Crippen LogP contribution in [0.5, 0.6) is 0 Å². The maximum absolute atomic E-state index is 13.8. The average molecular weight is 418 g/mol. The maximum atomic E-state index is 13.8. The van der Waals surface area contributed by atoms with Crippen LogP contribution in [-0.4, -0.2) is 45.4 Å². The molecule has 5 rings (SSSR count). The Bertz CT molecular complexity index is 1100. The van der Waals surface area contributed by atoms with E-state index in [0.29, 0.717) is 36.8 Å². The van der Waals surface area contributed by atoms with Crippen molar-refractivity contribution in [2.75, 3.05) is 25.0 Å². The van der Waals surface area contributed by atoms with Gasteiger partial charge in [-0.2, -0.15) is 0 Å². The number of nitrogens with zero attached hydrogens (tertiary/aromatic N) is 4. The van der Waals surface area contributed by atoms with Gasteiger partial charge in [0.2, 0.25) is 5.91 Å². The lowest BCUT2D eigenvalue weighted by atomic mass is 10.0. The van der Waals surface area contributed by atoms with Gasteiger partial charge in [0.15, 0.2) is 5.82 Å². The van der Waals surface area contributed by atoms with Gasteiger partial charge in [-0.05, 0) is 43.3 Å². The Kier molecular flexibility index (Phi) is 5.30. The molecule has 0 unspecified atom stereocenters. The van der Waals surface area contributed by atoms with Gasteiger partial charge in [0.25, 0.3) is 0 Å². The molecule has 31 heavy (non-hydrogen) atoms. The molecule has 3 aromatic rings. The molecule has 158 valence electrons. The average Bonchev–Trinajstić information content (AvgIpc) is 3.34. The van der Waals surface area contributed by atoms with Gasteiger partial charge in [-0.25, -0.2) is 14.4 Å². The summed E-state index contributed by atoms with van der Waals surface area (Å²) < 4.78 is 13.8. The molecule has 1 saturated heterocycles. The first-order chi connectivity index (χ1) is 15.2. The summed E-state index contributed by atoms with van der Waals surface area (Å²) in [6, 6.07) is 9.99. The summed E-state index contributed by atoms with van der Waals surface area (Å²) in [5.74, 6) is 1.06. The van der Waals surface area contributed by atoms with E-state index >= 15 is 0 Å². The Morgan fingerprint density at radius 3 is 2.84 bits per heavy atom. The summed E-state index contributed by atoms with van der Waals surface area (Å²) >= 11 is 0. The summed E-state index contributed by atoms with van der Waals surface area (Å²) in [4.78, 5) is 28.5. The molecule has 1 aromatic carbocycles. The first-order valence-corrected chi connectivity index (χ1v) is 10.5. The van der Waals surface area contributed by atoms with Crippen LogP contribution in [0, 0.1) is 11.7 Å². The third kappa shape index (κ3) is 4.11. The molecular formula is C23H23FN6O. The van der Waals surface area contributed by atoms with E-state index in [-0.39, 0.29) is 17.6 Å². The van der Waals surface area contributed by atoms with Gasteiger partial charge in [-0.15, -0.1) is 0 Å². The maximum Gasteiger partial charge on any atom is 0.227 e. The standard InChI is InChI=1S/C23H23FN6O/c24-17-2-1-3-18(12-17)27-22-19-14-30(23(31)16-6-10-26-13-16)11-7-20(19)28-21(29-22)15-4-8-25-9-5-15/h1-5,8-9,12,16,26H,6-7,10-11,13-14H2,(H,27,28,29)/t16-/m1/s1. The molecule has 1 atom stereocenters. The van der Waals surface area contributed by atoms with Gasteiger partial charge in [0.1, 0.15) is 11.6 Å². The van der Waals surface area contributed by atoms with Crippen molar-refractivity contribution in [2.45, 2.75) is 19.4 Å². The third-order valence-electron chi connectivity index (χ3n) is 5.81. The highest BCUT2D eigenvalue weighted by molar-refractivity contribution is 5.80. The normalized spacial score (nSPS) is 18.0. The number of carbonyl (C=O) groups is 1. The number of aromatic nitrogens is 3. The van der Waals surface area contributed by atoms with Gasteiger partial charge in [0.05, 0.1) is 18.2 Å². The van der Waals surface area contributed by atoms with E-state index in [0.717, 1.165) is 36.3 Å². The van der Waals surface area contributed by atoms with E-state index in [9.17, 15) is 9.18 Å². The fourth-order valence-electron chi connectivity index (χ4n) is 4.16. The summed E-state index contributed by atoms with van der Waals surface area (Å²) in [5.41, 5.74) is 3.25. The van der Waals surface area contributed by atoms with Crippen molar-refractivity contribution in [3.63, 3.8) is 0 Å². The third-order valence-corrected chi connectivity index (χ3v) is 5.81. The van der Waals surface area contributed by atoms with Crippen LogP contribution in [0.15, 0.2) is 48.8 Å². The van der Waals surface area contributed by atoms with Crippen molar-refractivity contribution in [1.82, 2.24) is 25.2 Å². The van der Waals surface area contributed by atoms with Gasteiger partial charge >= 0.3 is 0 Å². The molecule has 2 N–H and O–H groups in total. The molecule has 4 heterocycles. The molecule has 1 amide bonds. The van der Waals surface area contributed by atoms with E-state index in [4.69, 9.17) is 9.97 Å². The molecule has 0 radical (unpaired) electrons. The second-order valence-electron chi connectivity index (χ2n) is 7.89. The van der Waals surface area contributed by atoms with Crippen LogP contribution in [0.25, 0.3) is 11.4 Å². The van der Waals surface area contributed by atoms with Crippen LogP contribution in [0.4, 0.5) is 15.9 Å². The number of fused-ring (bicyclic) bond motifs is 1. The molecule has 2 aliphatic rings. The van der Waals surface area contributed by atoms with Gasteiger partial charge in [-0.1, -0.05) is 6.07 Å². The predicted molar refractivity (Wildman–Crippen MR) is 115 cm³/mol. The van der Waals surface area contributed by atoms with Crippen molar-refractivity contribution in [3.8, 4) is 11.4 Å². The number of hydrogen-bond acceptors (Lipinski definition) is 6. The number of rotatable bonds is 4. The fourth-order valence-corrected chi connectivity index (χ4v) is 4.16. The number of amides is 1. The Morgan fingerprint density at radius 1 is 1.19 bits per heavy atom. The minimum absolute atomic E-state index is 0.0261. The Morgan fingerprint density at radius 2 is 2.06 bits per heavy atom. The SMILES string of the molecule is O=C([C@@H]1CCNC1)N1CCc2nc(-c3ccncc3)nc(Nc3cccc(F)c3)c2C1. The lowest BCUT2D eigenvalue weighted by Crippen LogP contribution is -2.41. The predicted octanol–water partition coefficient (Wildman–Crippen LogP) is 2.92. The first-order valence-electron chi connectivity index (χ1n) is 10.5. The minimum Gasteiger partial charge on any atom is -0.340 e. The van der Waals surface area contributed by atoms with Crippen LogP contribution in [-0.2, 0) is 17.8 Å². The lowest BCUT2D eigenvalue weighted by Gasteiger charge is -2.31. The Hall–Kier alpha value is -3.39. The smallest absolute Gasteiger partial charge is 0.227 e. The second-order valence-corrected chi connectivity index (χ2v) is 7.89. The molecule has 0 aliphatic carbocycles. The van der Waals surface area contributed by atoms with Crippen LogP contribution >= 0.6 is 0 Å². The van der Waals surface area contributed by atoms with Crippen molar-refractivity contribution < 1.29 is 9.18 Å². The van der Waals surface area contributed by atoms with Crippen molar-refractivity contribution in [2.24, 2.45) is 5.92 Å². The highest BCUT2D eigenvalue weighted by atomic mass is 19.1. The zero-order valence-corrected chi connectivity index (χ0v) is 17.0. The highest BCUT2D eigenvalue weighted by Crippen LogP contribution is 2.30. The summed E-state index contributed by atoms with van der Waals surface area (Å²) in [6.07, 6.45) is 4.93. The van der Waals surface area contributed by atoms with Crippen molar-refractivity contribution in [1.29, 1.82) is 0 Å². The zero-order valence-electron chi connectivity index (χ0n) is 17.0. The van der Waals surface area contributed by atoms with E-state index < -0.39 is 0 Å². The molecule has 2 aromatic heterocycles. The van der Waals surface area contributed by atoms with Crippen LogP contribution < -0.4 is 10.6 Å². The Labute approximate surface area is 179 Å². The fraction of sp³-hybridized carbons (Fsp3) is 0.304. The first kappa shape index (κ1) is 19.6. The lowest BCUT2D eigenvalue weighted by molar-refractivity contribution is -0.135. The van der Waals surface area contributed by atoms with E-state index in [1.54, 1.807) is 24.5 Å². The van der Waals surface area contributed by atoms with Crippen molar-refractivity contribution >= 4 is 17.4 Å². The Balaban J connectivity index is 1.51. The molecule has 8 heteroatoms. The highest BCUT2D eigenvalue weighted by Gasteiger charge is 2.31. The largest absolute Gasteiger partial charge is 0.340 e. The van der Waals surface area contributed by atoms with E-state index in [1.165, 1.54) is 12.1 Å². The number of carbonyl (C=O) groups excluding carboxylic acids is 1. The molecule has 0 bridgehead atoms. The number of benzene rings is 1. The van der Waals surface area contributed by atoms with Gasteiger partial charge in [0, 0.05) is 48.7 Å². The summed E-state index contributed by atoms with van der Waals surface area (Å²) in [6.45, 7) is 2.69. The van der Waals surface area contributed by atoms with E-state index in [1.807, 2.05) is 17.0 Å². The number of anilines is 2. The van der Waals surface area contributed by atoms with Crippen LogP contribution in [0.2, 0.25) is 0 Å². The van der Waals surface area contributed by atoms with Gasteiger partial charge in [-0.3, -0.25) is 9.78 Å². The molecular weight excluding hydrogens is 395 g/mol. The monoisotopic (exact) mass is 418 g/mol. The topological polar surface area (TPSA) is 83.0 Å². The van der Waals surface area contributed by atoms with Crippen molar-refractivity contribution in [3.05, 3.63) is 65.9 Å². The van der Waals surface area contributed by atoms with Crippen LogP contribution in [0.1, 0.15) is 17.7 Å². The molecule has 2 aliphatic heterocycles. The summed E-state index contributed by atoms with van der Waals surface area (Å²) in [5, 5.41) is 6.52. The number of hydrogen-bond donors (Lipinski definition) is 2. The molecule has 1 fully saturated rings. The number of nitrogens with one attached hydrogen (secondary N) is 2. The second kappa shape index (κ2) is 8.39. The van der Waals surface area contributed by atoms with E-state index in [2.05, 4.69) is 15.6 Å². The zero-order chi connectivity index (χ0) is 21.2. The quantitative estimate of drug-likeness (QED) is 0.678. The molecule has 7 nitrogen and oxygen atoms in total.